The third kappa shape index (κ3) is 2.65. The molecule has 3 saturated carbocycles. The molecule has 0 heterocycles. The van der Waals surface area contributed by atoms with Gasteiger partial charge in [-0.15, -0.1) is 0 Å². The van der Waals surface area contributed by atoms with Crippen molar-refractivity contribution in [1.82, 2.24) is 5.32 Å². The number of aliphatic hydroxyl groups excluding tert-OH is 1. The van der Waals surface area contributed by atoms with Crippen LogP contribution in [-0.2, 0) is 0 Å². The molecule has 2 N–H and O–H groups in total. The van der Waals surface area contributed by atoms with Gasteiger partial charge in [0.15, 0.2) is 0 Å². The maximum atomic E-state index is 10.1. The number of allylic oxidation sites excluding steroid dienone is 1. The Morgan fingerprint density at radius 3 is 2.72 bits per heavy atom. The summed E-state index contributed by atoms with van der Waals surface area (Å²) in [7, 11) is 0. The highest BCUT2D eigenvalue weighted by molar-refractivity contribution is 5.25. The van der Waals surface area contributed by atoms with Crippen LogP contribution in [0.5, 0.6) is 0 Å². The highest BCUT2D eigenvalue weighted by Crippen LogP contribution is 2.66. The molecule has 0 bridgehead atoms. The molecule has 25 heavy (non-hydrogen) atoms. The zero-order valence-electron chi connectivity index (χ0n) is 16.9. The molecule has 0 spiro atoms. The normalized spacial score (nSPS) is 50.4. The molecule has 0 aromatic rings. The highest BCUT2D eigenvalue weighted by atomic mass is 16.3. The van der Waals surface area contributed by atoms with E-state index >= 15 is 0 Å². The van der Waals surface area contributed by atoms with Crippen LogP contribution in [0.2, 0.25) is 0 Å². The number of aliphatic hydroxyl groups is 1. The van der Waals surface area contributed by atoms with Crippen molar-refractivity contribution in [2.24, 2.45) is 34.5 Å². The Hall–Kier alpha value is -0.340. The maximum absolute atomic E-state index is 10.1. The van der Waals surface area contributed by atoms with E-state index in [1.165, 1.54) is 38.5 Å². The molecule has 0 radical (unpaired) electrons. The Balaban J connectivity index is 1.60. The third-order valence-electron chi connectivity index (χ3n) is 9.28. The van der Waals surface area contributed by atoms with Crippen LogP contribution in [0.3, 0.4) is 0 Å². The minimum atomic E-state index is -0.0819. The molecular formula is C23H39NO. The standard InChI is InChI=1S/C23H39NO/c1-5-24-15(2)19-8-9-20-18-7-6-16-14-17(25)10-12-22(16,3)21(18)11-13-23(19,20)4/h6,15,17-21,24-25H,5,7-14H2,1-4H3/t15-,17+,18+,19-,20+,21+,22+,23-/m1/s1. The average molecular weight is 346 g/mol. The van der Waals surface area contributed by atoms with Crippen LogP contribution in [-0.4, -0.2) is 23.8 Å². The van der Waals surface area contributed by atoms with Crippen LogP contribution < -0.4 is 5.32 Å². The molecule has 0 aromatic carbocycles. The van der Waals surface area contributed by atoms with Gasteiger partial charge in [0.2, 0.25) is 0 Å². The third-order valence-corrected chi connectivity index (χ3v) is 9.28. The van der Waals surface area contributed by atoms with Gasteiger partial charge in [0.1, 0.15) is 0 Å². The second kappa shape index (κ2) is 6.37. The monoisotopic (exact) mass is 345 g/mol. The van der Waals surface area contributed by atoms with Crippen molar-refractivity contribution in [2.75, 3.05) is 6.54 Å². The molecule has 0 unspecified atom stereocenters. The van der Waals surface area contributed by atoms with E-state index in [4.69, 9.17) is 0 Å². The Bertz CT molecular complexity index is 542. The summed E-state index contributed by atoms with van der Waals surface area (Å²) in [6, 6.07) is 0.659. The summed E-state index contributed by atoms with van der Waals surface area (Å²) in [6.45, 7) is 10.9. The second-order valence-corrected chi connectivity index (χ2v) is 10.2. The van der Waals surface area contributed by atoms with E-state index in [1.807, 2.05) is 0 Å². The van der Waals surface area contributed by atoms with Gasteiger partial charge in [-0.25, -0.2) is 0 Å². The van der Waals surface area contributed by atoms with Gasteiger partial charge in [-0.1, -0.05) is 32.4 Å². The van der Waals surface area contributed by atoms with E-state index in [0.717, 1.165) is 43.1 Å². The number of nitrogens with one attached hydrogen (secondary N) is 1. The number of hydrogen-bond donors (Lipinski definition) is 2. The van der Waals surface area contributed by atoms with Crippen molar-refractivity contribution in [3.05, 3.63) is 11.6 Å². The largest absolute Gasteiger partial charge is 0.393 e. The molecule has 0 aliphatic heterocycles. The van der Waals surface area contributed by atoms with Gasteiger partial charge in [-0.3, -0.25) is 0 Å². The Labute approximate surface area is 154 Å². The highest BCUT2D eigenvalue weighted by Gasteiger charge is 2.59. The SMILES string of the molecule is CCN[C@H](C)[C@H]1CC[C@H]2[C@@H]3CC=C4C[C@@H](O)CC[C@]4(C)[C@H]3CC[C@]12C. The van der Waals surface area contributed by atoms with Crippen molar-refractivity contribution in [1.29, 1.82) is 0 Å². The van der Waals surface area contributed by atoms with Crippen molar-refractivity contribution in [3.63, 3.8) is 0 Å². The molecule has 0 aromatic heterocycles. The average Bonchev–Trinajstić information content (AvgIpc) is 2.93. The quantitative estimate of drug-likeness (QED) is 0.711. The Kier molecular flexibility index (Phi) is 4.60. The lowest BCUT2D eigenvalue weighted by Gasteiger charge is -2.58. The van der Waals surface area contributed by atoms with Gasteiger partial charge >= 0.3 is 0 Å². The predicted octanol–water partition coefficient (Wildman–Crippen LogP) is 4.92. The van der Waals surface area contributed by atoms with Crippen LogP contribution in [0.15, 0.2) is 11.6 Å². The summed E-state index contributed by atoms with van der Waals surface area (Å²) >= 11 is 0. The van der Waals surface area contributed by atoms with Crippen molar-refractivity contribution in [3.8, 4) is 0 Å². The second-order valence-electron chi connectivity index (χ2n) is 10.2. The number of rotatable bonds is 3. The van der Waals surface area contributed by atoms with E-state index in [0.29, 0.717) is 16.9 Å². The molecule has 2 nitrogen and oxygen atoms in total. The molecule has 8 atom stereocenters. The maximum Gasteiger partial charge on any atom is 0.0577 e. The molecule has 142 valence electrons. The summed E-state index contributed by atoms with van der Waals surface area (Å²) in [5, 5.41) is 13.9. The van der Waals surface area contributed by atoms with Gasteiger partial charge < -0.3 is 10.4 Å². The fourth-order valence-corrected chi connectivity index (χ4v) is 7.97. The fraction of sp³-hybridized carbons (Fsp3) is 0.913. The predicted molar refractivity (Wildman–Crippen MR) is 104 cm³/mol. The summed E-state index contributed by atoms with van der Waals surface area (Å²) < 4.78 is 0. The smallest absolute Gasteiger partial charge is 0.0577 e. The topological polar surface area (TPSA) is 32.3 Å². The zero-order chi connectivity index (χ0) is 17.8. The van der Waals surface area contributed by atoms with Gasteiger partial charge in [0.05, 0.1) is 6.10 Å². The number of hydrogen-bond acceptors (Lipinski definition) is 2. The van der Waals surface area contributed by atoms with E-state index in [-0.39, 0.29) is 6.10 Å². The van der Waals surface area contributed by atoms with Gasteiger partial charge in [-0.2, -0.15) is 0 Å². The molecule has 4 aliphatic rings. The van der Waals surface area contributed by atoms with Gasteiger partial charge in [0, 0.05) is 6.04 Å². The van der Waals surface area contributed by atoms with Gasteiger partial charge in [-0.05, 0) is 99.3 Å². The first-order chi connectivity index (χ1) is 11.9. The number of fused-ring (bicyclic) bond motifs is 5. The van der Waals surface area contributed by atoms with E-state index in [2.05, 4.69) is 39.1 Å². The molecule has 0 amide bonds. The lowest BCUT2D eigenvalue weighted by molar-refractivity contribution is -0.0535. The Morgan fingerprint density at radius 1 is 1.16 bits per heavy atom. The molecular weight excluding hydrogens is 306 g/mol. The molecule has 4 rings (SSSR count). The van der Waals surface area contributed by atoms with Crippen LogP contribution in [0, 0.1) is 34.5 Å². The fourth-order valence-electron chi connectivity index (χ4n) is 7.97. The van der Waals surface area contributed by atoms with Crippen LogP contribution >= 0.6 is 0 Å². The first-order valence-corrected chi connectivity index (χ1v) is 11.0. The van der Waals surface area contributed by atoms with Crippen LogP contribution in [0.4, 0.5) is 0 Å². The minimum absolute atomic E-state index is 0.0819. The van der Waals surface area contributed by atoms with Gasteiger partial charge in [0.25, 0.3) is 0 Å². The lowest BCUT2D eigenvalue weighted by atomic mass is 9.47. The van der Waals surface area contributed by atoms with Crippen molar-refractivity contribution >= 4 is 0 Å². The van der Waals surface area contributed by atoms with E-state index in [9.17, 15) is 5.11 Å². The van der Waals surface area contributed by atoms with E-state index < -0.39 is 0 Å². The Morgan fingerprint density at radius 2 is 1.96 bits per heavy atom. The van der Waals surface area contributed by atoms with E-state index in [1.54, 1.807) is 5.57 Å². The summed E-state index contributed by atoms with van der Waals surface area (Å²) in [6.07, 6.45) is 12.6. The first kappa shape index (κ1) is 18.0. The molecule has 3 fully saturated rings. The zero-order valence-corrected chi connectivity index (χ0v) is 16.9. The minimum Gasteiger partial charge on any atom is -0.393 e. The van der Waals surface area contributed by atoms with Crippen molar-refractivity contribution in [2.45, 2.75) is 91.2 Å². The summed E-state index contributed by atoms with van der Waals surface area (Å²) in [5.74, 6) is 3.52. The van der Waals surface area contributed by atoms with Crippen LogP contribution in [0.25, 0.3) is 0 Å². The summed E-state index contributed by atoms with van der Waals surface area (Å²) in [4.78, 5) is 0. The van der Waals surface area contributed by atoms with Crippen molar-refractivity contribution < 1.29 is 5.11 Å². The lowest BCUT2D eigenvalue weighted by Crippen LogP contribution is -2.52. The first-order valence-electron chi connectivity index (χ1n) is 11.0. The summed E-state index contributed by atoms with van der Waals surface area (Å²) in [5.41, 5.74) is 2.53. The van der Waals surface area contributed by atoms with Crippen LogP contribution in [0.1, 0.15) is 79.1 Å². The molecule has 2 heteroatoms. The molecule has 4 aliphatic carbocycles. The molecule has 0 saturated heterocycles.